The summed E-state index contributed by atoms with van der Waals surface area (Å²) in [5.74, 6) is 2.12. The Bertz CT molecular complexity index is 912. The Hall–Kier alpha value is -2.60. The van der Waals surface area contributed by atoms with E-state index in [0.717, 1.165) is 35.1 Å². The number of ether oxygens (including phenoxy) is 1. The number of anilines is 1. The van der Waals surface area contributed by atoms with E-state index in [1.807, 2.05) is 37.4 Å². The summed E-state index contributed by atoms with van der Waals surface area (Å²) in [6.45, 7) is 4.95. The van der Waals surface area contributed by atoms with Gasteiger partial charge in [-0.3, -0.25) is 4.98 Å². The molecule has 0 radical (unpaired) electrons. The topological polar surface area (TPSA) is 59.9 Å². The predicted molar refractivity (Wildman–Crippen MR) is 117 cm³/mol. The van der Waals surface area contributed by atoms with Crippen LogP contribution < -0.4 is 10.1 Å². The van der Waals surface area contributed by atoms with Crippen LogP contribution in [0.25, 0.3) is 11.3 Å². The quantitative estimate of drug-likeness (QED) is 0.628. The first-order chi connectivity index (χ1) is 13.2. The summed E-state index contributed by atoms with van der Waals surface area (Å²) in [4.78, 5) is 13.1. The Kier molecular flexibility index (Phi) is 6.52. The van der Waals surface area contributed by atoms with Crippen LogP contribution in [0.4, 0.5) is 5.82 Å². The number of para-hydroxylation sites is 1. The first kappa shape index (κ1) is 20.1. The van der Waals surface area contributed by atoms with E-state index in [9.17, 15) is 0 Å². The molecule has 0 unspecified atom stereocenters. The van der Waals surface area contributed by atoms with Crippen LogP contribution in [0.2, 0.25) is 0 Å². The highest BCUT2D eigenvalue weighted by atomic mass is 32.1. The summed E-state index contributed by atoms with van der Waals surface area (Å²) >= 11 is 0. The maximum Gasteiger partial charge on any atom is 0.129 e. The lowest BCUT2D eigenvalue weighted by Gasteiger charge is -2.18. The van der Waals surface area contributed by atoms with Gasteiger partial charge in [0.15, 0.2) is 0 Å². The summed E-state index contributed by atoms with van der Waals surface area (Å²) in [7, 11) is 0. The maximum absolute atomic E-state index is 6.06. The minimum absolute atomic E-state index is 0. The van der Waals surface area contributed by atoms with Gasteiger partial charge in [0.05, 0.1) is 11.8 Å². The Morgan fingerprint density at radius 1 is 1.11 bits per heavy atom. The van der Waals surface area contributed by atoms with E-state index in [-0.39, 0.29) is 13.5 Å². The van der Waals surface area contributed by atoms with Crippen LogP contribution in [0.15, 0.2) is 55.0 Å². The molecule has 1 atom stereocenters. The standard InChI is InChI=1S/C22H24N4O.H2S/c1-15(19-5-3-4-6-21(19)27-18-9-10-18)12-24-22-11-20(25-14-26-22)17-8-7-16(2)23-13-17;/h3-8,11,13-15,18H,9-10,12H2,1-2H3,(H,24,25,26);1H2/t15-;/m1./s1. The van der Waals surface area contributed by atoms with E-state index in [1.54, 1.807) is 6.33 Å². The summed E-state index contributed by atoms with van der Waals surface area (Å²) in [6, 6.07) is 14.3. The average Bonchev–Trinajstić information content (AvgIpc) is 3.51. The number of aromatic nitrogens is 3. The van der Waals surface area contributed by atoms with Crippen LogP contribution in [0.1, 0.15) is 36.9 Å². The molecule has 0 saturated heterocycles. The zero-order valence-corrected chi connectivity index (χ0v) is 17.2. The molecule has 146 valence electrons. The third-order valence-corrected chi connectivity index (χ3v) is 4.73. The smallest absolute Gasteiger partial charge is 0.129 e. The number of aryl methyl sites for hydroxylation is 1. The molecule has 5 nitrogen and oxygen atoms in total. The molecule has 28 heavy (non-hydrogen) atoms. The second-order valence-electron chi connectivity index (χ2n) is 7.11. The van der Waals surface area contributed by atoms with Gasteiger partial charge in [-0.25, -0.2) is 9.97 Å². The van der Waals surface area contributed by atoms with E-state index in [1.165, 1.54) is 18.4 Å². The number of nitrogens with zero attached hydrogens (tertiary/aromatic N) is 3. The largest absolute Gasteiger partial charge is 0.490 e. The molecule has 1 saturated carbocycles. The van der Waals surface area contributed by atoms with Gasteiger partial charge >= 0.3 is 0 Å². The minimum Gasteiger partial charge on any atom is -0.490 e. The van der Waals surface area contributed by atoms with Crippen molar-refractivity contribution in [2.24, 2.45) is 0 Å². The molecule has 1 aromatic carbocycles. The van der Waals surface area contributed by atoms with Gasteiger partial charge in [0, 0.05) is 36.0 Å². The molecule has 1 N–H and O–H groups in total. The highest BCUT2D eigenvalue weighted by molar-refractivity contribution is 7.59. The molecule has 0 spiro atoms. The molecule has 0 bridgehead atoms. The molecule has 0 amide bonds. The number of nitrogens with one attached hydrogen (secondary N) is 1. The number of rotatable bonds is 7. The van der Waals surface area contributed by atoms with Crippen molar-refractivity contribution in [2.75, 3.05) is 11.9 Å². The Morgan fingerprint density at radius 3 is 2.68 bits per heavy atom. The minimum atomic E-state index is 0. The Morgan fingerprint density at radius 2 is 1.93 bits per heavy atom. The van der Waals surface area contributed by atoms with Gasteiger partial charge in [0.25, 0.3) is 0 Å². The lowest BCUT2D eigenvalue weighted by atomic mass is 10.00. The van der Waals surface area contributed by atoms with Crippen LogP contribution in [-0.2, 0) is 0 Å². The van der Waals surface area contributed by atoms with Crippen molar-refractivity contribution in [3.05, 3.63) is 66.2 Å². The monoisotopic (exact) mass is 394 g/mol. The second-order valence-corrected chi connectivity index (χ2v) is 7.11. The highest BCUT2D eigenvalue weighted by Gasteiger charge is 2.25. The van der Waals surface area contributed by atoms with Crippen LogP contribution in [0.3, 0.4) is 0 Å². The van der Waals surface area contributed by atoms with Crippen LogP contribution >= 0.6 is 13.5 Å². The third kappa shape index (κ3) is 5.01. The average molecular weight is 395 g/mol. The zero-order valence-electron chi connectivity index (χ0n) is 16.2. The maximum atomic E-state index is 6.06. The summed E-state index contributed by atoms with van der Waals surface area (Å²) < 4.78 is 6.06. The fraction of sp³-hybridized carbons (Fsp3) is 0.318. The molecule has 4 rings (SSSR count). The number of benzene rings is 1. The summed E-state index contributed by atoms with van der Waals surface area (Å²) in [6.07, 6.45) is 6.16. The number of pyridine rings is 1. The molecule has 0 aliphatic heterocycles. The Balaban J connectivity index is 0.00000225. The second kappa shape index (κ2) is 9.06. The Labute approximate surface area is 173 Å². The fourth-order valence-corrected chi connectivity index (χ4v) is 2.96. The van der Waals surface area contributed by atoms with Crippen LogP contribution in [-0.4, -0.2) is 27.6 Å². The van der Waals surface area contributed by atoms with Crippen molar-refractivity contribution >= 4 is 19.3 Å². The van der Waals surface area contributed by atoms with Gasteiger partial charge in [-0.1, -0.05) is 25.1 Å². The van der Waals surface area contributed by atoms with Crippen molar-refractivity contribution in [3.8, 4) is 17.0 Å². The molecule has 1 aliphatic rings. The van der Waals surface area contributed by atoms with Gasteiger partial charge in [-0.15, -0.1) is 0 Å². The molecular weight excluding hydrogens is 368 g/mol. The summed E-state index contributed by atoms with van der Waals surface area (Å²) in [5, 5.41) is 3.43. The first-order valence-electron chi connectivity index (χ1n) is 9.43. The van der Waals surface area contributed by atoms with E-state index in [4.69, 9.17) is 4.74 Å². The van der Waals surface area contributed by atoms with Gasteiger partial charge in [0.2, 0.25) is 0 Å². The zero-order chi connectivity index (χ0) is 18.6. The highest BCUT2D eigenvalue weighted by Crippen LogP contribution is 2.32. The van der Waals surface area contributed by atoms with Crippen molar-refractivity contribution in [2.45, 2.75) is 38.7 Å². The van der Waals surface area contributed by atoms with E-state index < -0.39 is 0 Å². The van der Waals surface area contributed by atoms with Crippen molar-refractivity contribution in [1.29, 1.82) is 0 Å². The van der Waals surface area contributed by atoms with Crippen molar-refractivity contribution in [3.63, 3.8) is 0 Å². The van der Waals surface area contributed by atoms with E-state index >= 15 is 0 Å². The lowest BCUT2D eigenvalue weighted by Crippen LogP contribution is -2.12. The summed E-state index contributed by atoms with van der Waals surface area (Å²) in [5.41, 5.74) is 4.08. The van der Waals surface area contributed by atoms with Gasteiger partial charge < -0.3 is 10.1 Å². The number of hydrogen-bond donors (Lipinski definition) is 1. The molecular formula is C22H26N4OS. The normalized spacial score (nSPS) is 14.1. The first-order valence-corrected chi connectivity index (χ1v) is 9.43. The molecule has 3 aromatic rings. The fourth-order valence-electron chi connectivity index (χ4n) is 2.96. The SMILES string of the molecule is Cc1ccc(-c2cc(NC[C@@H](C)c3ccccc3OC3CC3)ncn2)cn1.S. The van der Waals surface area contributed by atoms with E-state index in [2.05, 4.69) is 45.4 Å². The predicted octanol–water partition coefficient (Wildman–Crippen LogP) is 4.72. The van der Waals surface area contributed by atoms with Gasteiger partial charge in [-0.2, -0.15) is 13.5 Å². The molecule has 2 aromatic heterocycles. The molecule has 2 heterocycles. The van der Waals surface area contributed by atoms with Crippen LogP contribution in [0, 0.1) is 6.92 Å². The third-order valence-electron chi connectivity index (χ3n) is 4.73. The lowest BCUT2D eigenvalue weighted by molar-refractivity contribution is 0.298. The molecule has 6 heteroatoms. The van der Waals surface area contributed by atoms with Crippen molar-refractivity contribution < 1.29 is 4.74 Å². The molecule has 1 fully saturated rings. The van der Waals surface area contributed by atoms with E-state index in [0.29, 0.717) is 12.0 Å². The van der Waals surface area contributed by atoms with Crippen LogP contribution in [0.5, 0.6) is 5.75 Å². The molecule has 1 aliphatic carbocycles. The number of hydrogen-bond acceptors (Lipinski definition) is 5. The van der Waals surface area contributed by atoms with Gasteiger partial charge in [-0.05, 0) is 43.5 Å². The van der Waals surface area contributed by atoms with Crippen molar-refractivity contribution in [1.82, 2.24) is 15.0 Å². The van der Waals surface area contributed by atoms with Gasteiger partial charge in [0.1, 0.15) is 17.9 Å².